The van der Waals surface area contributed by atoms with E-state index >= 15 is 0 Å². The van der Waals surface area contributed by atoms with Gasteiger partial charge in [0.15, 0.2) is 0 Å². The van der Waals surface area contributed by atoms with E-state index in [1.165, 1.54) is 39.2 Å². The van der Waals surface area contributed by atoms with E-state index < -0.39 is 0 Å². The predicted octanol–water partition coefficient (Wildman–Crippen LogP) is 2.43. The van der Waals surface area contributed by atoms with Crippen LogP contribution in [0.5, 0.6) is 0 Å². The molecule has 4 nitrogen and oxygen atoms in total. The highest BCUT2D eigenvalue weighted by Gasteiger charge is 2.23. The largest absolute Gasteiger partial charge is 0.468 e. The van der Waals surface area contributed by atoms with Gasteiger partial charge in [0.05, 0.1) is 7.11 Å². The zero-order chi connectivity index (χ0) is 14.8. The Hall–Kier alpha value is -0.610. The van der Waals surface area contributed by atoms with Crippen LogP contribution in [-0.2, 0) is 9.53 Å². The minimum atomic E-state index is -0.178. The Balaban J connectivity index is 2.44. The van der Waals surface area contributed by atoms with Gasteiger partial charge < -0.3 is 15.0 Å². The summed E-state index contributed by atoms with van der Waals surface area (Å²) in [6.45, 7) is 8.26. The van der Waals surface area contributed by atoms with Gasteiger partial charge in [0.25, 0.3) is 0 Å². The van der Waals surface area contributed by atoms with E-state index in [0.29, 0.717) is 0 Å². The molecule has 0 bridgehead atoms. The maximum absolute atomic E-state index is 11.8. The lowest BCUT2D eigenvalue weighted by atomic mass is 9.96. The summed E-state index contributed by atoms with van der Waals surface area (Å²) >= 11 is 0. The van der Waals surface area contributed by atoms with E-state index in [9.17, 15) is 4.79 Å². The number of nitrogens with one attached hydrogen (secondary N) is 1. The average Bonchev–Trinajstić information content (AvgIpc) is 2.68. The summed E-state index contributed by atoms with van der Waals surface area (Å²) in [5, 5.41) is 3.31. The molecule has 0 aliphatic carbocycles. The third-order valence-electron chi connectivity index (χ3n) is 4.20. The molecule has 0 saturated carbocycles. The molecule has 1 aliphatic heterocycles. The fourth-order valence-corrected chi connectivity index (χ4v) is 3.05. The number of likely N-dealkylation sites (tertiary alicyclic amines) is 1. The lowest BCUT2D eigenvalue weighted by Gasteiger charge is -2.25. The lowest BCUT2D eigenvalue weighted by Crippen LogP contribution is -2.47. The first kappa shape index (κ1) is 17.4. The van der Waals surface area contributed by atoms with Crippen molar-refractivity contribution in [1.82, 2.24) is 10.2 Å². The summed E-state index contributed by atoms with van der Waals surface area (Å²) in [6.07, 6.45) is 7.54. The van der Waals surface area contributed by atoms with Crippen LogP contribution >= 0.6 is 0 Å². The quantitative estimate of drug-likeness (QED) is 0.695. The monoisotopic (exact) mass is 284 g/mol. The van der Waals surface area contributed by atoms with Gasteiger partial charge in [-0.05, 0) is 51.2 Å². The second kappa shape index (κ2) is 10.2. The third-order valence-corrected chi connectivity index (χ3v) is 4.20. The van der Waals surface area contributed by atoms with Crippen molar-refractivity contribution in [1.29, 1.82) is 0 Å². The molecule has 0 aromatic rings. The van der Waals surface area contributed by atoms with Gasteiger partial charge in [-0.1, -0.05) is 26.7 Å². The third kappa shape index (κ3) is 6.23. The van der Waals surface area contributed by atoms with Crippen LogP contribution in [-0.4, -0.2) is 50.2 Å². The lowest BCUT2D eigenvalue weighted by molar-refractivity contribution is -0.143. The number of esters is 1. The Morgan fingerprint density at radius 1 is 1.30 bits per heavy atom. The highest BCUT2D eigenvalue weighted by molar-refractivity contribution is 5.75. The Morgan fingerprint density at radius 2 is 2.10 bits per heavy atom. The van der Waals surface area contributed by atoms with Crippen LogP contribution in [0.4, 0.5) is 0 Å². The Bertz CT molecular complexity index is 271. The molecular weight excluding hydrogens is 252 g/mol. The van der Waals surface area contributed by atoms with Gasteiger partial charge in [0.2, 0.25) is 0 Å². The van der Waals surface area contributed by atoms with Crippen molar-refractivity contribution in [2.24, 2.45) is 5.92 Å². The molecule has 1 fully saturated rings. The Kier molecular flexibility index (Phi) is 8.86. The molecule has 0 aromatic heterocycles. The van der Waals surface area contributed by atoms with Crippen LogP contribution in [0.15, 0.2) is 0 Å². The summed E-state index contributed by atoms with van der Waals surface area (Å²) in [6, 6.07) is -0.178. The normalized spacial score (nSPS) is 22.2. The Morgan fingerprint density at radius 3 is 2.75 bits per heavy atom. The van der Waals surface area contributed by atoms with Gasteiger partial charge in [0, 0.05) is 6.54 Å². The summed E-state index contributed by atoms with van der Waals surface area (Å²) in [5.41, 5.74) is 0. The smallest absolute Gasteiger partial charge is 0.324 e. The molecule has 1 aliphatic rings. The molecule has 1 heterocycles. The molecule has 4 heteroatoms. The molecule has 0 aromatic carbocycles. The molecule has 2 unspecified atom stereocenters. The molecule has 0 amide bonds. The van der Waals surface area contributed by atoms with Crippen LogP contribution in [0.3, 0.4) is 0 Å². The molecular formula is C16H32N2O2. The van der Waals surface area contributed by atoms with Crippen LogP contribution in [0, 0.1) is 5.92 Å². The van der Waals surface area contributed by atoms with Gasteiger partial charge in [-0.3, -0.25) is 4.79 Å². The van der Waals surface area contributed by atoms with Crippen molar-refractivity contribution in [3.63, 3.8) is 0 Å². The molecule has 1 rings (SSSR count). The number of methoxy groups -OCH3 is 1. The standard InChI is InChI=1S/C16H32N2O2/c1-4-7-14-8-6-11-18(12-9-14)13-15(16(19)20-3)17-10-5-2/h14-15,17H,4-13H2,1-3H3. The number of rotatable bonds is 8. The fraction of sp³-hybridized carbons (Fsp3) is 0.938. The van der Waals surface area contributed by atoms with Gasteiger partial charge in [-0.25, -0.2) is 0 Å². The van der Waals surface area contributed by atoms with E-state index in [1.807, 2.05) is 0 Å². The minimum absolute atomic E-state index is 0.132. The molecule has 2 atom stereocenters. The van der Waals surface area contributed by atoms with Crippen molar-refractivity contribution >= 4 is 5.97 Å². The number of hydrogen-bond donors (Lipinski definition) is 1. The van der Waals surface area contributed by atoms with E-state index in [4.69, 9.17) is 4.74 Å². The second-order valence-electron chi connectivity index (χ2n) is 5.92. The predicted molar refractivity (Wildman–Crippen MR) is 82.8 cm³/mol. The first-order chi connectivity index (χ1) is 9.71. The van der Waals surface area contributed by atoms with E-state index in [1.54, 1.807) is 0 Å². The summed E-state index contributed by atoms with van der Waals surface area (Å²) in [5.74, 6) is 0.748. The van der Waals surface area contributed by atoms with Crippen molar-refractivity contribution < 1.29 is 9.53 Å². The number of carbonyl (C=O) groups excluding carboxylic acids is 1. The SMILES string of the molecule is CCCNC(CN1CCCC(CCC)CC1)C(=O)OC. The van der Waals surface area contributed by atoms with Gasteiger partial charge in [-0.15, -0.1) is 0 Å². The molecule has 0 radical (unpaired) electrons. The molecule has 20 heavy (non-hydrogen) atoms. The maximum atomic E-state index is 11.8. The second-order valence-corrected chi connectivity index (χ2v) is 5.92. The van der Waals surface area contributed by atoms with Crippen molar-refractivity contribution in [2.75, 3.05) is 33.3 Å². The maximum Gasteiger partial charge on any atom is 0.324 e. The molecule has 1 N–H and O–H groups in total. The van der Waals surface area contributed by atoms with Crippen molar-refractivity contribution in [2.45, 2.75) is 58.4 Å². The number of carbonyl (C=O) groups is 1. The van der Waals surface area contributed by atoms with E-state index in [-0.39, 0.29) is 12.0 Å². The first-order valence-corrected chi connectivity index (χ1v) is 8.24. The molecule has 0 spiro atoms. The zero-order valence-electron chi connectivity index (χ0n) is 13.5. The average molecular weight is 284 g/mol. The number of hydrogen-bond acceptors (Lipinski definition) is 4. The molecule has 118 valence electrons. The molecule has 1 saturated heterocycles. The Labute approximate surface area is 124 Å². The highest BCUT2D eigenvalue weighted by Crippen LogP contribution is 2.21. The minimum Gasteiger partial charge on any atom is -0.468 e. The first-order valence-electron chi connectivity index (χ1n) is 8.24. The summed E-state index contributed by atoms with van der Waals surface area (Å²) < 4.78 is 4.91. The van der Waals surface area contributed by atoms with E-state index in [2.05, 4.69) is 24.1 Å². The fourth-order valence-electron chi connectivity index (χ4n) is 3.05. The summed E-state index contributed by atoms with van der Waals surface area (Å²) in [4.78, 5) is 14.3. The van der Waals surface area contributed by atoms with Gasteiger partial charge in [-0.2, -0.15) is 0 Å². The highest BCUT2D eigenvalue weighted by atomic mass is 16.5. The van der Waals surface area contributed by atoms with Crippen LogP contribution in [0.2, 0.25) is 0 Å². The number of ether oxygens (including phenoxy) is 1. The van der Waals surface area contributed by atoms with Gasteiger partial charge >= 0.3 is 5.97 Å². The summed E-state index contributed by atoms with van der Waals surface area (Å²) in [7, 11) is 1.47. The van der Waals surface area contributed by atoms with Crippen LogP contribution < -0.4 is 5.32 Å². The van der Waals surface area contributed by atoms with Crippen LogP contribution in [0.1, 0.15) is 52.4 Å². The van der Waals surface area contributed by atoms with Crippen molar-refractivity contribution in [3.8, 4) is 0 Å². The number of nitrogens with zero attached hydrogens (tertiary/aromatic N) is 1. The van der Waals surface area contributed by atoms with Gasteiger partial charge in [0.1, 0.15) is 6.04 Å². The zero-order valence-corrected chi connectivity index (χ0v) is 13.5. The van der Waals surface area contributed by atoms with Crippen LogP contribution in [0.25, 0.3) is 0 Å². The topological polar surface area (TPSA) is 41.6 Å². The van der Waals surface area contributed by atoms with E-state index in [0.717, 1.165) is 38.5 Å². The van der Waals surface area contributed by atoms with Crippen molar-refractivity contribution in [3.05, 3.63) is 0 Å².